The number of hydrogen-bond donors (Lipinski definition) is 1. The van der Waals surface area contributed by atoms with Gasteiger partial charge in [0.2, 0.25) is 0 Å². The second kappa shape index (κ2) is 4.50. The molecule has 88 valence electrons. The Hall–Kier alpha value is -1.96. The van der Waals surface area contributed by atoms with E-state index in [1.165, 1.54) is 5.56 Å². The summed E-state index contributed by atoms with van der Waals surface area (Å²) in [7, 11) is 0. The molecule has 17 heavy (non-hydrogen) atoms. The zero-order valence-electron chi connectivity index (χ0n) is 10.4. The number of hydrogen-bond acceptors (Lipinski definition) is 2. The van der Waals surface area contributed by atoms with Gasteiger partial charge in [-0.25, -0.2) is 0 Å². The zero-order valence-corrected chi connectivity index (χ0v) is 10.4. The molecule has 0 amide bonds. The zero-order chi connectivity index (χ0) is 12.4. The van der Waals surface area contributed by atoms with Gasteiger partial charge in [0.1, 0.15) is 11.5 Å². The van der Waals surface area contributed by atoms with Crippen LogP contribution in [0.5, 0.6) is 11.5 Å². The van der Waals surface area contributed by atoms with Crippen LogP contribution >= 0.6 is 0 Å². The van der Waals surface area contributed by atoms with Crippen LogP contribution in [-0.4, -0.2) is 0 Å². The lowest BCUT2D eigenvalue weighted by Crippen LogP contribution is -1.93. The third kappa shape index (κ3) is 2.59. The molecule has 0 unspecified atom stereocenters. The highest BCUT2D eigenvalue weighted by molar-refractivity contribution is 5.49. The van der Waals surface area contributed by atoms with Crippen LogP contribution in [-0.2, 0) is 0 Å². The van der Waals surface area contributed by atoms with E-state index in [-0.39, 0.29) is 0 Å². The minimum atomic E-state index is 0.713. The Kier molecular flexibility index (Phi) is 3.05. The Labute approximate surface area is 102 Å². The predicted molar refractivity (Wildman–Crippen MR) is 71.6 cm³/mol. The third-order valence-electron chi connectivity index (χ3n) is 2.68. The van der Waals surface area contributed by atoms with Crippen molar-refractivity contribution in [3.8, 4) is 11.5 Å². The molecule has 0 spiro atoms. The van der Waals surface area contributed by atoms with Gasteiger partial charge in [-0.05, 0) is 44.0 Å². The summed E-state index contributed by atoms with van der Waals surface area (Å²) < 4.78 is 5.90. The summed E-state index contributed by atoms with van der Waals surface area (Å²) in [6.45, 7) is 6.20. The van der Waals surface area contributed by atoms with E-state index in [9.17, 15) is 0 Å². The Morgan fingerprint density at radius 3 is 2.18 bits per heavy atom. The van der Waals surface area contributed by atoms with Crippen LogP contribution in [0.15, 0.2) is 36.4 Å². The van der Waals surface area contributed by atoms with E-state index >= 15 is 0 Å². The minimum Gasteiger partial charge on any atom is -0.457 e. The molecule has 0 saturated heterocycles. The summed E-state index contributed by atoms with van der Waals surface area (Å²) in [5.74, 6) is 1.70. The lowest BCUT2D eigenvalue weighted by molar-refractivity contribution is 0.475. The molecule has 0 aliphatic rings. The van der Waals surface area contributed by atoms with Gasteiger partial charge >= 0.3 is 0 Å². The van der Waals surface area contributed by atoms with Crippen LogP contribution in [0, 0.1) is 20.8 Å². The first-order valence-corrected chi connectivity index (χ1v) is 5.67. The maximum Gasteiger partial charge on any atom is 0.133 e. The van der Waals surface area contributed by atoms with Gasteiger partial charge in [-0.3, -0.25) is 0 Å². The molecule has 0 aliphatic heterocycles. The van der Waals surface area contributed by atoms with E-state index < -0.39 is 0 Å². The normalized spacial score (nSPS) is 10.3. The maximum atomic E-state index is 5.90. The smallest absolute Gasteiger partial charge is 0.133 e. The first kappa shape index (κ1) is 11.5. The number of benzene rings is 2. The number of rotatable bonds is 2. The van der Waals surface area contributed by atoms with E-state index in [0.717, 1.165) is 22.6 Å². The average Bonchev–Trinajstić information content (AvgIpc) is 2.23. The molecule has 2 heteroatoms. The van der Waals surface area contributed by atoms with Gasteiger partial charge in [0.25, 0.3) is 0 Å². The van der Waals surface area contributed by atoms with Crippen molar-refractivity contribution in [3.05, 3.63) is 53.1 Å². The first-order valence-electron chi connectivity index (χ1n) is 5.67. The molecule has 0 fully saturated rings. The molecule has 0 aromatic heterocycles. The maximum absolute atomic E-state index is 5.90. The van der Waals surface area contributed by atoms with Crippen molar-refractivity contribution in [1.82, 2.24) is 0 Å². The van der Waals surface area contributed by atoms with Crippen molar-refractivity contribution < 1.29 is 4.74 Å². The molecule has 0 aliphatic carbocycles. The second-order valence-electron chi connectivity index (χ2n) is 4.40. The summed E-state index contributed by atoms with van der Waals surface area (Å²) in [5, 5.41) is 0. The Morgan fingerprint density at radius 2 is 1.59 bits per heavy atom. The number of anilines is 1. The third-order valence-corrected chi connectivity index (χ3v) is 2.68. The van der Waals surface area contributed by atoms with Gasteiger partial charge in [0.05, 0.1) is 0 Å². The Balaban J connectivity index is 2.36. The van der Waals surface area contributed by atoms with Gasteiger partial charge in [0.15, 0.2) is 0 Å². The van der Waals surface area contributed by atoms with Gasteiger partial charge in [-0.15, -0.1) is 0 Å². The number of ether oxygens (including phenoxy) is 1. The number of nitrogen functional groups attached to an aromatic ring is 1. The number of nitrogens with two attached hydrogens (primary N) is 1. The fourth-order valence-electron chi connectivity index (χ4n) is 2.02. The van der Waals surface area contributed by atoms with Gasteiger partial charge in [-0.1, -0.05) is 23.8 Å². The van der Waals surface area contributed by atoms with Crippen LogP contribution in [0.4, 0.5) is 5.69 Å². The standard InChI is InChI=1S/C15H17NO/c1-10-7-11(2)15(12(3)8-10)17-14-6-4-5-13(16)9-14/h4-9H,16H2,1-3H3. The molecule has 2 nitrogen and oxygen atoms in total. The molecule has 2 rings (SSSR count). The van der Waals surface area contributed by atoms with Crippen molar-refractivity contribution in [2.75, 3.05) is 5.73 Å². The molecule has 0 radical (unpaired) electrons. The monoisotopic (exact) mass is 227 g/mol. The molecule has 0 bridgehead atoms. The lowest BCUT2D eigenvalue weighted by atomic mass is 10.1. The molecule has 2 aromatic rings. The largest absolute Gasteiger partial charge is 0.457 e. The number of aryl methyl sites for hydroxylation is 3. The molecular formula is C15H17NO. The molecule has 2 N–H and O–H groups in total. The van der Waals surface area contributed by atoms with E-state index in [1.54, 1.807) is 0 Å². The minimum absolute atomic E-state index is 0.713. The Morgan fingerprint density at radius 1 is 0.941 bits per heavy atom. The van der Waals surface area contributed by atoms with Crippen LogP contribution in [0.25, 0.3) is 0 Å². The predicted octanol–water partition coefficient (Wildman–Crippen LogP) is 3.99. The summed E-state index contributed by atoms with van der Waals surface area (Å²) in [5.41, 5.74) is 9.98. The van der Waals surface area contributed by atoms with Crippen LogP contribution < -0.4 is 10.5 Å². The molecule has 0 atom stereocenters. The Bertz CT molecular complexity index is 523. The fraction of sp³-hybridized carbons (Fsp3) is 0.200. The van der Waals surface area contributed by atoms with E-state index in [0.29, 0.717) is 5.69 Å². The highest BCUT2D eigenvalue weighted by Crippen LogP contribution is 2.30. The van der Waals surface area contributed by atoms with E-state index in [2.05, 4.69) is 32.9 Å². The van der Waals surface area contributed by atoms with Crippen LogP contribution in [0.3, 0.4) is 0 Å². The van der Waals surface area contributed by atoms with Crippen molar-refractivity contribution >= 4 is 5.69 Å². The molecule has 0 heterocycles. The molecular weight excluding hydrogens is 210 g/mol. The average molecular weight is 227 g/mol. The van der Waals surface area contributed by atoms with E-state index in [4.69, 9.17) is 10.5 Å². The van der Waals surface area contributed by atoms with E-state index in [1.807, 2.05) is 24.3 Å². The molecule has 2 aromatic carbocycles. The quantitative estimate of drug-likeness (QED) is 0.787. The second-order valence-corrected chi connectivity index (χ2v) is 4.40. The fourth-order valence-corrected chi connectivity index (χ4v) is 2.02. The summed E-state index contributed by atoms with van der Waals surface area (Å²) >= 11 is 0. The van der Waals surface area contributed by atoms with Gasteiger partial charge in [0, 0.05) is 11.8 Å². The van der Waals surface area contributed by atoms with Crippen molar-refractivity contribution in [3.63, 3.8) is 0 Å². The highest BCUT2D eigenvalue weighted by Gasteiger charge is 2.06. The van der Waals surface area contributed by atoms with Crippen molar-refractivity contribution in [2.24, 2.45) is 0 Å². The topological polar surface area (TPSA) is 35.2 Å². The van der Waals surface area contributed by atoms with Crippen molar-refractivity contribution in [2.45, 2.75) is 20.8 Å². The SMILES string of the molecule is Cc1cc(C)c(Oc2cccc(N)c2)c(C)c1. The lowest BCUT2D eigenvalue weighted by Gasteiger charge is -2.13. The summed E-state index contributed by atoms with van der Waals surface area (Å²) in [6.07, 6.45) is 0. The van der Waals surface area contributed by atoms with Crippen molar-refractivity contribution in [1.29, 1.82) is 0 Å². The molecule has 0 saturated carbocycles. The first-order chi connectivity index (χ1) is 8.06. The summed E-state index contributed by atoms with van der Waals surface area (Å²) in [4.78, 5) is 0. The van der Waals surface area contributed by atoms with Crippen LogP contribution in [0.2, 0.25) is 0 Å². The van der Waals surface area contributed by atoms with Gasteiger partial charge < -0.3 is 10.5 Å². The van der Waals surface area contributed by atoms with Crippen LogP contribution in [0.1, 0.15) is 16.7 Å². The summed E-state index contributed by atoms with van der Waals surface area (Å²) in [6, 6.07) is 11.7. The highest BCUT2D eigenvalue weighted by atomic mass is 16.5. The van der Waals surface area contributed by atoms with Gasteiger partial charge in [-0.2, -0.15) is 0 Å².